The number of nitrogens with zero attached hydrogens (tertiary/aromatic N) is 1. The van der Waals surface area contributed by atoms with Crippen LogP contribution in [0, 0.1) is 19.7 Å². The van der Waals surface area contributed by atoms with Crippen molar-refractivity contribution in [3.8, 4) is 0 Å². The van der Waals surface area contributed by atoms with E-state index in [-0.39, 0.29) is 5.82 Å². The minimum absolute atomic E-state index is 0.322. The lowest BCUT2D eigenvalue weighted by molar-refractivity contribution is 0.627. The lowest BCUT2D eigenvalue weighted by atomic mass is 10.1. The van der Waals surface area contributed by atoms with E-state index in [1.54, 1.807) is 12.3 Å². The van der Waals surface area contributed by atoms with Crippen molar-refractivity contribution in [2.75, 3.05) is 5.32 Å². The molecule has 0 radical (unpaired) electrons. The first-order valence-corrected chi connectivity index (χ1v) is 6.05. The molecule has 0 aliphatic heterocycles. The van der Waals surface area contributed by atoms with Gasteiger partial charge in [0.1, 0.15) is 5.82 Å². The maximum absolute atomic E-state index is 12.9. The van der Waals surface area contributed by atoms with Crippen molar-refractivity contribution in [1.29, 1.82) is 0 Å². The molecular formula is C14H14ClFN2. The number of nitrogens with one attached hydrogen (secondary N) is 1. The highest BCUT2D eigenvalue weighted by molar-refractivity contribution is 6.31. The number of halogens is 2. The molecule has 94 valence electrons. The van der Waals surface area contributed by atoms with Gasteiger partial charge in [-0.15, -0.1) is 0 Å². The second-order valence-electron chi connectivity index (χ2n) is 4.18. The molecule has 0 saturated heterocycles. The molecule has 0 bridgehead atoms. The monoisotopic (exact) mass is 264 g/mol. The fourth-order valence-corrected chi connectivity index (χ4v) is 2.04. The molecule has 0 amide bonds. The molecular weight excluding hydrogens is 251 g/mol. The predicted octanol–water partition coefficient (Wildman–Crippen LogP) is 4.10. The van der Waals surface area contributed by atoms with Crippen LogP contribution in [0.4, 0.5) is 10.1 Å². The summed E-state index contributed by atoms with van der Waals surface area (Å²) in [6, 6.07) is 6.36. The molecule has 0 spiro atoms. The number of pyridine rings is 1. The highest BCUT2D eigenvalue weighted by Crippen LogP contribution is 2.21. The second kappa shape index (κ2) is 5.36. The van der Waals surface area contributed by atoms with Crippen molar-refractivity contribution >= 4 is 17.3 Å². The molecule has 2 nitrogen and oxygen atoms in total. The van der Waals surface area contributed by atoms with Crippen molar-refractivity contribution < 1.29 is 4.39 Å². The number of aromatic nitrogens is 1. The zero-order valence-electron chi connectivity index (χ0n) is 10.3. The quantitative estimate of drug-likeness (QED) is 0.903. The molecule has 0 aliphatic carbocycles. The lowest BCUT2D eigenvalue weighted by Crippen LogP contribution is -2.04. The first-order chi connectivity index (χ1) is 8.58. The SMILES string of the molecule is Cc1ccnc(C)c1NCc1ccc(F)cc1Cl. The molecule has 1 heterocycles. The van der Waals surface area contributed by atoms with E-state index in [2.05, 4.69) is 10.3 Å². The average molecular weight is 265 g/mol. The maximum Gasteiger partial charge on any atom is 0.124 e. The molecule has 1 N–H and O–H groups in total. The standard InChI is InChI=1S/C14H14ClFN2/c1-9-5-6-17-10(2)14(9)18-8-11-3-4-12(16)7-13(11)15/h3-7,18H,8H2,1-2H3. The fraction of sp³-hybridized carbons (Fsp3) is 0.214. The summed E-state index contributed by atoms with van der Waals surface area (Å²) in [7, 11) is 0. The summed E-state index contributed by atoms with van der Waals surface area (Å²) < 4.78 is 12.9. The molecule has 2 aromatic rings. The first kappa shape index (κ1) is 12.8. The van der Waals surface area contributed by atoms with Crippen LogP contribution in [-0.4, -0.2) is 4.98 Å². The maximum atomic E-state index is 12.9. The Morgan fingerprint density at radius 2 is 2.06 bits per heavy atom. The van der Waals surface area contributed by atoms with Crippen LogP contribution in [0.1, 0.15) is 16.8 Å². The Hall–Kier alpha value is -1.61. The number of anilines is 1. The van der Waals surface area contributed by atoms with Crippen LogP contribution >= 0.6 is 11.6 Å². The van der Waals surface area contributed by atoms with Gasteiger partial charge in [-0.1, -0.05) is 17.7 Å². The average Bonchev–Trinajstić information content (AvgIpc) is 2.31. The largest absolute Gasteiger partial charge is 0.379 e. The zero-order valence-corrected chi connectivity index (χ0v) is 11.1. The summed E-state index contributed by atoms with van der Waals surface area (Å²) in [5.74, 6) is -0.322. The summed E-state index contributed by atoms with van der Waals surface area (Å²) in [5.41, 5.74) is 3.92. The van der Waals surface area contributed by atoms with E-state index in [1.165, 1.54) is 12.1 Å². The number of hydrogen-bond acceptors (Lipinski definition) is 2. The van der Waals surface area contributed by atoms with Crippen LogP contribution in [0.25, 0.3) is 0 Å². The van der Waals surface area contributed by atoms with Crippen molar-refractivity contribution in [2.24, 2.45) is 0 Å². The Labute approximate surface area is 111 Å². The Kier molecular flexibility index (Phi) is 3.82. The van der Waals surface area contributed by atoms with Gasteiger partial charge >= 0.3 is 0 Å². The molecule has 0 aliphatic rings. The third-order valence-electron chi connectivity index (χ3n) is 2.82. The van der Waals surface area contributed by atoms with E-state index >= 15 is 0 Å². The van der Waals surface area contributed by atoms with Gasteiger partial charge in [-0.25, -0.2) is 4.39 Å². The fourth-order valence-electron chi connectivity index (χ4n) is 1.81. The smallest absolute Gasteiger partial charge is 0.124 e. The minimum atomic E-state index is -0.322. The van der Waals surface area contributed by atoms with E-state index in [9.17, 15) is 4.39 Å². The van der Waals surface area contributed by atoms with Crippen molar-refractivity contribution in [3.63, 3.8) is 0 Å². The van der Waals surface area contributed by atoms with Gasteiger partial charge in [0.25, 0.3) is 0 Å². The number of rotatable bonds is 3. The van der Waals surface area contributed by atoms with Gasteiger partial charge in [-0.05, 0) is 43.2 Å². The first-order valence-electron chi connectivity index (χ1n) is 5.68. The van der Waals surface area contributed by atoms with E-state index < -0.39 is 0 Å². The predicted molar refractivity (Wildman–Crippen MR) is 72.4 cm³/mol. The molecule has 18 heavy (non-hydrogen) atoms. The summed E-state index contributed by atoms with van der Waals surface area (Å²) >= 11 is 5.98. The Morgan fingerprint density at radius 1 is 1.28 bits per heavy atom. The summed E-state index contributed by atoms with van der Waals surface area (Å²) in [6.45, 7) is 4.51. The van der Waals surface area contributed by atoms with Crippen molar-refractivity contribution in [1.82, 2.24) is 4.98 Å². The van der Waals surface area contributed by atoms with Gasteiger partial charge in [0.05, 0.1) is 11.4 Å². The Balaban J connectivity index is 2.16. The van der Waals surface area contributed by atoms with Gasteiger partial charge in [-0.2, -0.15) is 0 Å². The van der Waals surface area contributed by atoms with Crippen LogP contribution in [0.2, 0.25) is 5.02 Å². The van der Waals surface area contributed by atoms with Crippen LogP contribution in [0.5, 0.6) is 0 Å². The molecule has 0 unspecified atom stereocenters. The van der Waals surface area contributed by atoms with E-state index in [4.69, 9.17) is 11.6 Å². The lowest BCUT2D eigenvalue weighted by Gasteiger charge is -2.12. The molecule has 0 saturated carbocycles. The van der Waals surface area contributed by atoms with E-state index in [0.717, 1.165) is 22.5 Å². The molecule has 4 heteroatoms. The van der Waals surface area contributed by atoms with Crippen molar-refractivity contribution in [3.05, 3.63) is 58.1 Å². The number of aryl methyl sites for hydroxylation is 2. The highest BCUT2D eigenvalue weighted by Gasteiger charge is 2.05. The number of benzene rings is 1. The topological polar surface area (TPSA) is 24.9 Å². The van der Waals surface area contributed by atoms with Crippen LogP contribution in [0.3, 0.4) is 0 Å². The normalized spacial score (nSPS) is 10.4. The van der Waals surface area contributed by atoms with E-state index in [0.29, 0.717) is 11.6 Å². The highest BCUT2D eigenvalue weighted by atomic mass is 35.5. The summed E-state index contributed by atoms with van der Waals surface area (Å²) in [6.07, 6.45) is 1.78. The van der Waals surface area contributed by atoms with Crippen LogP contribution in [0.15, 0.2) is 30.5 Å². The summed E-state index contributed by atoms with van der Waals surface area (Å²) in [5, 5.41) is 3.72. The number of hydrogen-bond donors (Lipinski definition) is 1. The minimum Gasteiger partial charge on any atom is -0.379 e. The van der Waals surface area contributed by atoms with Gasteiger partial charge < -0.3 is 5.32 Å². The van der Waals surface area contributed by atoms with Gasteiger partial charge in [0.2, 0.25) is 0 Å². The molecule has 1 aromatic heterocycles. The Bertz CT molecular complexity index is 549. The van der Waals surface area contributed by atoms with Gasteiger partial charge in [0, 0.05) is 17.8 Å². The van der Waals surface area contributed by atoms with Crippen LogP contribution in [-0.2, 0) is 6.54 Å². The zero-order chi connectivity index (χ0) is 13.1. The molecule has 0 fully saturated rings. The van der Waals surface area contributed by atoms with Gasteiger partial charge in [-0.3, -0.25) is 4.98 Å². The van der Waals surface area contributed by atoms with Gasteiger partial charge in [0.15, 0.2) is 0 Å². The Morgan fingerprint density at radius 3 is 2.72 bits per heavy atom. The van der Waals surface area contributed by atoms with Crippen LogP contribution < -0.4 is 5.32 Å². The molecule has 1 aromatic carbocycles. The summed E-state index contributed by atoms with van der Waals surface area (Å²) in [4.78, 5) is 4.23. The van der Waals surface area contributed by atoms with Crippen molar-refractivity contribution in [2.45, 2.75) is 20.4 Å². The third-order valence-corrected chi connectivity index (χ3v) is 3.17. The molecule has 2 rings (SSSR count). The second-order valence-corrected chi connectivity index (χ2v) is 4.58. The van der Waals surface area contributed by atoms with E-state index in [1.807, 2.05) is 19.9 Å². The third kappa shape index (κ3) is 2.79. The molecule has 0 atom stereocenters.